The lowest BCUT2D eigenvalue weighted by Crippen LogP contribution is -3.00. The van der Waals surface area contributed by atoms with E-state index in [1.165, 1.54) is 0 Å². The van der Waals surface area contributed by atoms with Gasteiger partial charge in [-0.2, -0.15) is 9.78 Å². The molecule has 90 valence electrons. The van der Waals surface area contributed by atoms with Crippen LogP contribution in [0, 0.1) is 24.3 Å². The van der Waals surface area contributed by atoms with Gasteiger partial charge in [-0.15, -0.1) is 0 Å². The van der Waals surface area contributed by atoms with Crippen LogP contribution in [0.2, 0.25) is 0 Å². The van der Waals surface area contributed by atoms with Gasteiger partial charge in [-0.1, -0.05) is 36.3 Å². The molecule has 0 radical (unpaired) electrons. The molecule has 1 aromatic carbocycles. The summed E-state index contributed by atoms with van der Waals surface area (Å²) in [5.74, 6) is 2.79. The number of nitrogens with zero attached hydrogens (tertiary/aromatic N) is 4. The van der Waals surface area contributed by atoms with Crippen molar-refractivity contribution in [3.63, 3.8) is 0 Å². The van der Waals surface area contributed by atoms with Crippen molar-refractivity contribution < 1.29 is 12.4 Å². The van der Waals surface area contributed by atoms with E-state index in [0.29, 0.717) is 17.1 Å². The Morgan fingerprint density at radius 3 is 2.50 bits per heavy atom. The maximum atomic E-state index is 9.07. The first-order valence-electron chi connectivity index (χ1n) is 5.21. The van der Waals surface area contributed by atoms with Crippen molar-refractivity contribution in [3.05, 3.63) is 41.0 Å². The summed E-state index contributed by atoms with van der Waals surface area (Å²) in [4.78, 5) is 3.30. The molecule has 4 nitrogen and oxygen atoms in total. The molecule has 1 aromatic heterocycles. The molecule has 2 rings (SSSR count). The van der Waals surface area contributed by atoms with Gasteiger partial charge in [-0.25, -0.2) is 0 Å². The molecule has 0 aliphatic rings. The number of rotatable bonds is 1. The molecule has 0 fully saturated rings. The zero-order chi connectivity index (χ0) is 12.3. The van der Waals surface area contributed by atoms with Crippen LogP contribution in [0.4, 0.5) is 5.69 Å². The van der Waals surface area contributed by atoms with Gasteiger partial charge in [0.2, 0.25) is 5.39 Å². The average molecular weight is 259 g/mol. The number of aromatic nitrogens is 2. The molecule has 2 aromatic rings. The summed E-state index contributed by atoms with van der Waals surface area (Å²) in [6.07, 6.45) is 0. The molecule has 0 amide bonds. The van der Waals surface area contributed by atoms with E-state index in [0.717, 1.165) is 5.56 Å². The molecule has 0 N–H and O–H groups in total. The summed E-state index contributed by atoms with van der Waals surface area (Å²) in [5, 5.41) is 13.3. The van der Waals surface area contributed by atoms with Crippen LogP contribution in [-0.4, -0.2) is 9.78 Å². The first-order valence-corrected chi connectivity index (χ1v) is 5.21. The predicted molar refractivity (Wildman–Crippen MR) is 66.0 cm³/mol. The number of hydrogen-bond donors (Lipinski definition) is 0. The highest BCUT2D eigenvalue weighted by Gasteiger charge is 2.26. The monoisotopic (exact) mass is 258 g/mol. The van der Waals surface area contributed by atoms with Crippen LogP contribution < -0.4 is 12.4 Å². The van der Waals surface area contributed by atoms with Gasteiger partial charge >= 0.3 is 5.69 Å². The molecule has 5 heteroatoms. The van der Waals surface area contributed by atoms with E-state index in [-0.39, 0.29) is 12.4 Å². The molecule has 0 aliphatic heterocycles. The van der Waals surface area contributed by atoms with Crippen LogP contribution >= 0.6 is 0 Å². The van der Waals surface area contributed by atoms with Crippen molar-refractivity contribution in [3.8, 4) is 23.2 Å². The Morgan fingerprint density at radius 2 is 1.94 bits per heavy atom. The standard InChI is InChI=1S/C13H11N4.ClH/c1-3-9-17-13(11-7-5-4-6-8-11)12(15-14)10(2)16-17;/h4-8H,1-2H3;1H/q+1;/p-1. The quantitative estimate of drug-likeness (QED) is 0.541. The maximum Gasteiger partial charge on any atom is 0.434 e. The predicted octanol–water partition coefficient (Wildman–Crippen LogP) is 0.176. The second-order valence-electron chi connectivity index (χ2n) is 3.52. The van der Waals surface area contributed by atoms with Crippen molar-refractivity contribution >= 4 is 5.69 Å². The van der Waals surface area contributed by atoms with Crippen LogP contribution in [0.3, 0.4) is 0 Å². The maximum absolute atomic E-state index is 9.07. The summed E-state index contributed by atoms with van der Waals surface area (Å²) in [6, 6.07) is 12.5. The Labute approximate surface area is 112 Å². The largest absolute Gasteiger partial charge is 1.00 e. The van der Waals surface area contributed by atoms with Gasteiger partial charge in [0.05, 0.1) is 0 Å². The van der Waals surface area contributed by atoms with Crippen molar-refractivity contribution in [2.75, 3.05) is 0 Å². The summed E-state index contributed by atoms with van der Waals surface area (Å²) in [6.45, 7) is 3.52. The van der Waals surface area contributed by atoms with Crippen LogP contribution in [-0.2, 0) is 0 Å². The number of benzene rings is 1. The third-order valence-corrected chi connectivity index (χ3v) is 2.39. The van der Waals surface area contributed by atoms with E-state index >= 15 is 0 Å². The van der Waals surface area contributed by atoms with Crippen LogP contribution in [0.1, 0.15) is 12.6 Å². The highest BCUT2D eigenvalue weighted by molar-refractivity contribution is 5.77. The van der Waals surface area contributed by atoms with Crippen LogP contribution in [0.5, 0.6) is 0 Å². The highest BCUT2D eigenvalue weighted by atomic mass is 35.5. The fraction of sp³-hybridized carbons (Fsp3) is 0.154. The average Bonchev–Trinajstić information content (AvgIpc) is 2.67. The molecule has 0 aliphatic carbocycles. The Kier molecular flexibility index (Phi) is 4.48. The second kappa shape index (κ2) is 5.86. The van der Waals surface area contributed by atoms with E-state index in [2.05, 4.69) is 22.0 Å². The minimum Gasteiger partial charge on any atom is -1.00 e. The van der Waals surface area contributed by atoms with Crippen LogP contribution in [0.25, 0.3) is 16.2 Å². The molecular weight excluding hydrogens is 248 g/mol. The molecule has 0 spiro atoms. The lowest BCUT2D eigenvalue weighted by molar-refractivity contribution is -0.00000381. The summed E-state index contributed by atoms with van der Waals surface area (Å²) in [7, 11) is 0. The van der Waals surface area contributed by atoms with E-state index in [4.69, 9.17) is 5.39 Å². The molecule has 0 saturated carbocycles. The normalized spacial score (nSPS) is 8.72. The smallest absolute Gasteiger partial charge is 0.434 e. The first-order chi connectivity index (χ1) is 8.27. The zero-order valence-corrected chi connectivity index (χ0v) is 10.8. The Hall–Kier alpha value is -2.30. The van der Waals surface area contributed by atoms with E-state index in [1.54, 1.807) is 18.5 Å². The summed E-state index contributed by atoms with van der Waals surface area (Å²) >= 11 is 0. The van der Waals surface area contributed by atoms with Gasteiger partial charge in [-0.05, 0) is 13.8 Å². The minimum atomic E-state index is 0. The van der Waals surface area contributed by atoms with Gasteiger partial charge in [0, 0.05) is 11.6 Å². The molecule has 0 unspecified atom stereocenters. The zero-order valence-electron chi connectivity index (χ0n) is 10.1. The number of aryl methyl sites for hydroxylation is 1. The van der Waals surface area contributed by atoms with Crippen molar-refractivity contribution in [2.24, 2.45) is 0 Å². The molecule has 0 bridgehead atoms. The molecule has 0 atom stereocenters. The third-order valence-electron chi connectivity index (χ3n) is 2.39. The molecular formula is C13H11ClN4. The van der Waals surface area contributed by atoms with Gasteiger partial charge in [0.1, 0.15) is 0 Å². The molecule has 0 saturated heterocycles. The summed E-state index contributed by atoms with van der Waals surface area (Å²) < 4.78 is 1.54. The van der Waals surface area contributed by atoms with Gasteiger partial charge < -0.3 is 12.4 Å². The Balaban J connectivity index is 0.00000162. The Bertz CT molecular complexity index is 641. The number of halogens is 1. The van der Waals surface area contributed by atoms with E-state index < -0.39 is 0 Å². The third kappa shape index (κ3) is 2.34. The van der Waals surface area contributed by atoms with Crippen molar-refractivity contribution in [1.82, 2.24) is 9.78 Å². The molecule has 18 heavy (non-hydrogen) atoms. The second-order valence-corrected chi connectivity index (χ2v) is 3.52. The topological polar surface area (TPSA) is 46.0 Å². The minimum absolute atomic E-state index is 0. The summed E-state index contributed by atoms with van der Waals surface area (Å²) in [5.41, 5.74) is 2.73. The SMILES string of the molecule is CC#Cn1nc(C)c([N+]#N)c1-c1ccccc1.[Cl-]. The fourth-order valence-corrected chi connectivity index (χ4v) is 1.68. The number of hydrogen-bond acceptors (Lipinski definition) is 2. The van der Waals surface area contributed by atoms with E-state index in [9.17, 15) is 0 Å². The van der Waals surface area contributed by atoms with Gasteiger partial charge in [0.25, 0.3) is 0 Å². The van der Waals surface area contributed by atoms with Gasteiger partial charge in [-0.3, -0.25) is 0 Å². The first kappa shape index (κ1) is 13.8. The highest BCUT2D eigenvalue weighted by Crippen LogP contribution is 2.32. The number of diazo groups is 1. The fourth-order valence-electron chi connectivity index (χ4n) is 1.68. The van der Waals surface area contributed by atoms with Crippen molar-refractivity contribution in [2.45, 2.75) is 13.8 Å². The van der Waals surface area contributed by atoms with Gasteiger partial charge in [0.15, 0.2) is 16.4 Å². The molecule has 1 heterocycles. The van der Waals surface area contributed by atoms with Crippen LogP contribution in [0.15, 0.2) is 30.3 Å². The van der Waals surface area contributed by atoms with Crippen molar-refractivity contribution in [1.29, 1.82) is 5.39 Å². The lowest BCUT2D eigenvalue weighted by Gasteiger charge is -1.96. The van der Waals surface area contributed by atoms with E-state index in [1.807, 2.05) is 30.3 Å². The Morgan fingerprint density at radius 1 is 1.28 bits per heavy atom. The lowest BCUT2D eigenvalue weighted by atomic mass is 10.1.